The lowest BCUT2D eigenvalue weighted by Crippen LogP contribution is -2.26. The second-order valence-corrected chi connectivity index (χ2v) is 7.77. The number of nitrogen functional groups attached to an aromatic ring is 1. The SMILES string of the molecule is C=CC/C=C\C.N=C(C/C=C/OCCCN1CCCC1=O)c1cc(C2=NCC=NN2)ccc1N. The number of nitrogens with two attached hydrogens (primary N) is 1. The van der Waals surface area contributed by atoms with E-state index >= 15 is 0 Å². The first-order valence-corrected chi connectivity index (χ1v) is 11.6. The molecule has 2 aliphatic rings. The smallest absolute Gasteiger partial charge is 0.222 e. The van der Waals surface area contributed by atoms with Gasteiger partial charge in [-0.15, -0.1) is 6.58 Å². The average Bonchev–Trinajstić information content (AvgIpc) is 3.27. The first-order valence-electron chi connectivity index (χ1n) is 11.6. The molecule has 0 bridgehead atoms. The maximum Gasteiger partial charge on any atom is 0.222 e. The van der Waals surface area contributed by atoms with E-state index in [4.69, 9.17) is 15.9 Å². The molecule has 1 amide bonds. The Morgan fingerprint density at radius 2 is 2.24 bits per heavy atom. The molecule has 1 aromatic rings. The van der Waals surface area contributed by atoms with Crippen molar-refractivity contribution in [1.82, 2.24) is 10.3 Å². The van der Waals surface area contributed by atoms with Crippen molar-refractivity contribution in [2.24, 2.45) is 10.1 Å². The molecule has 0 radical (unpaired) electrons. The van der Waals surface area contributed by atoms with Crippen LogP contribution in [0.5, 0.6) is 0 Å². The predicted octanol–water partition coefficient (Wildman–Crippen LogP) is 4.04. The van der Waals surface area contributed by atoms with E-state index in [1.807, 2.05) is 36.1 Å². The normalized spacial score (nSPS) is 15.1. The minimum absolute atomic E-state index is 0.241. The summed E-state index contributed by atoms with van der Waals surface area (Å²) in [5, 5.41) is 12.3. The number of amides is 1. The third-order valence-corrected chi connectivity index (χ3v) is 5.16. The molecule has 0 unspecified atom stereocenters. The minimum Gasteiger partial charge on any atom is -0.501 e. The van der Waals surface area contributed by atoms with E-state index in [0.29, 0.717) is 48.8 Å². The number of hydrogen-bond donors (Lipinski definition) is 3. The Balaban J connectivity index is 0.000000604. The van der Waals surface area contributed by atoms with E-state index in [2.05, 4.69) is 28.2 Å². The zero-order valence-corrected chi connectivity index (χ0v) is 20.0. The lowest BCUT2D eigenvalue weighted by Gasteiger charge is -2.14. The number of carbonyl (C=O) groups excluding carboxylic acids is 1. The number of anilines is 1. The summed E-state index contributed by atoms with van der Waals surface area (Å²) < 4.78 is 5.47. The highest BCUT2D eigenvalue weighted by Gasteiger charge is 2.18. The lowest BCUT2D eigenvalue weighted by atomic mass is 10.0. The summed E-state index contributed by atoms with van der Waals surface area (Å²) in [6.45, 7) is 8.24. The van der Waals surface area contributed by atoms with Crippen molar-refractivity contribution in [2.75, 3.05) is 32.0 Å². The number of nitrogens with zero attached hydrogens (tertiary/aromatic N) is 3. The van der Waals surface area contributed by atoms with Crippen molar-refractivity contribution in [3.63, 3.8) is 0 Å². The van der Waals surface area contributed by atoms with E-state index in [1.165, 1.54) is 0 Å². The topological polar surface area (TPSA) is 116 Å². The van der Waals surface area contributed by atoms with Gasteiger partial charge in [-0.1, -0.05) is 18.2 Å². The summed E-state index contributed by atoms with van der Waals surface area (Å²) in [6, 6.07) is 5.50. The molecule has 1 fully saturated rings. The molecular formula is C26H36N6O2. The van der Waals surface area contributed by atoms with Gasteiger partial charge >= 0.3 is 0 Å². The second-order valence-electron chi connectivity index (χ2n) is 7.77. The van der Waals surface area contributed by atoms with Gasteiger partial charge in [0.15, 0.2) is 0 Å². The molecule has 0 aromatic heterocycles. The Morgan fingerprint density at radius 3 is 2.88 bits per heavy atom. The highest BCUT2D eigenvalue weighted by atomic mass is 16.5. The Kier molecular flexibility index (Phi) is 11.9. The number of ether oxygens (including phenoxy) is 1. The molecular weight excluding hydrogens is 428 g/mol. The van der Waals surface area contributed by atoms with Gasteiger partial charge in [0.2, 0.25) is 5.91 Å². The monoisotopic (exact) mass is 464 g/mol. The second kappa shape index (κ2) is 15.2. The van der Waals surface area contributed by atoms with E-state index in [1.54, 1.807) is 24.6 Å². The molecule has 1 aromatic carbocycles. The van der Waals surface area contributed by atoms with Gasteiger partial charge in [0.05, 0.1) is 19.4 Å². The first kappa shape index (κ1) is 26.6. The fourth-order valence-corrected chi connectivity index (χ4v) is 3.36. The minimum atomic E-state index is 0.241. The van der Waals surface area contributed by atoms with Crippen LogP contribution < -0.4 is 11.2 Å². The maximum atomic E-state index is 11.5. The summed E-state index contributed by atoms with van der Waals surface area (Å²) in [5.74, 6) is 0.914. The van der Waals surface area contributed by atoms with Crippen LogP contribution in [0.2, 0.25) is 0 Å². The summed E-state index contributed by atoms with van der Waals surface area (Å²) in [5.41, 5.74) is 11.4. The number of aliphatic imine (C=N–C) groups is 1. The number of allylic oxidation sites excluding steroid dienone is 4. The molecule has 3 rings (SSSR count). The quantitative estimate of drug-likeness (QED) is 0.151. The number of carbonyl (C=O) groups is 1. The van der Waals surface area contributed by atoms with Gasteiger partial charge in [-0.2, -0.15) is 5.10 Å². The number of rotatable bonds is 11. The number of benzene rings is 1. The number of hydrazone groups is 1. The molecule has 0 saturated carbocycles. The fourth-order valence-electron chi connectivity index (χ4n) is 3.36. The molecule has 0 spiro atoms. The van der Waals surface area contributed by atoms with Crippen molar-refractivity contribution < 1.29 is 9.53 Å². The number of hydrogen-bond acceptors (Lipinski definition) is 7. The molecule has 8 heteroatoms. The number of nitrogens with one attached hydrogen (secondary N) is 2. The lowest BCUT2D eigenvalue weighted by molar-refractivity contribution is -0.127. The van der Waals surface area contributed by atoms with Crippen LogP contribution >= 0.6 is 0 Å². The van der Waals surface area contributed by atoms with Crippen LogP contribution in [0.1, 0.15) is 50.2 Å². The van der Waals surface area contributed by atoms with Gasteiger partial charge in [-0.25, -0.2) is 0 Å². The van der Waals surface area contributed by atoms with Crippen LogP contribution in [0, 0.1) is 5.41 Å². The number of amidine groups is 1. The van der Waals surface area contributed by atoms with Crippen molar-refractivity contribution in [3.8, 4) is 0 Å². The molecule has 182 valence electrons. The van der Waals surface area contributed by atoms with E-state index in [-0.39, 0.29) is 5.91 Å². The van der Waals surface area contributed by atoms with Gasteiger partial charge in [-0.3, -0.25) is 15.2 Å². The average molecular weight is 465 g/mol. The maximum absolute atomic E-state index is 11.5. The van der Waals surface area contributed by atoms with Crippen LogP contribution in [-0.2, 0) is 9.53 Å². The third kappa shape index (κ3) is 9.05. The first-order chi connectivity index (χ1) is 16.6. The van der Waals surface area contributed by atoms with Gasteiger partial charge in [0.1, 0.15) is 5.84 Å². The highest BCUT2D eigenvalue weighted by molar-refractivity contribution is 6.07. The van der Waals surface area contributed by atoms with Crippen molar-refractivity contribution in [1.29, 1.82) is 5.41 Å². The van der Waals surface area contributed by atoms with Crippen LogP contribution in [0.4, 0.5) is 5.69 Å². The van der Waals surface area contributed by atoms with Gasteiger partial charge in [0, 0.05) is 54.7 Å². The van der Waals surface area contributed by atoms with Crippen molar-refractivity contribution in [2.45, 2.75) is 39.0 Å². The number of likely N-dealkylation sites (tertiary alicyclic amines) is 1. The Labute approximate surface area is 202 Å². The molecule has 2 aliphatic heterocycles. The molecule has 2 heterocycles. The Hall–Kier alpha value is -3.68. The molecule has 0 atom stereocenters. The predicted molar refractivity (Wildman–Crippen MR) is 140 cm³/mol. The highest BCUT2D eigenvalue weighted by Crippen LogP contribution is 2.17. The standard InChI is InChI=1S/C20H26N6O2.C6H10/c21-17(4-2-12-28-13-3-11-26-10-1-5-19(26)27)16-14-15(6-7-18(16)22)20-23-8-9-24-25-20;1-3-5-6-4-2/h2,6-7,9,12,14,21H,1,3-5,8,10-11,13,22H2,(H,23,25);3-4,6H,1,5H2,2H3/b12-2+,21-17?;6-4-. The zero-order chi connectivity index (χ0) is 24.6. The van der Waals surface area contributed by atoms with Crippen LogP contribution in [0.15, 0.2) is 65.4 Å². The van der Waals surface area contributed by atoms with E-state index < -0.39 is 0 Å². The van der Waals surface area contributed by atoms with Gasteiger partial charge in [-0.05, 0) is 50.5 Å². The van der Waals surface area contributed by atoms with Crippen LogP contribution in [-0.4, -0.2) is 54.8 Å². The molecule has 4 N–H and O–H groups in total. The van der Waals surface area contributed by atoms with Crippen molar-refractivity contribution >= 4 is 29.4 Å². The molecule has 0 aliphatic carbocycles. The summed E-state index contributed by atoms with van der Waals surface area (Å²) >= 11 is 0. The molecule has 8 nitrogen and oxygen atoms in total. The van der Waals surface area contributed by atoms with Gasteiger partial charge < -0.3 is 20.8 Å². The third-order valence-electron chi connectivity index (χ3n) is 5.16. The molecule has 1 saturated heterocycles. The zero-order valence-electron chi connectivity index (χ0n) is 20.0. The van der Waals surface area contributed by atoms with E-state index in [0.717, 1.165) is 37.9 Å². The van der Waals surface area contributed by atoms with E-state index in [9.17, 15) is 4.79 Å². The summed E-state index contributed by atoms with van der Waals surface area (Å²) in [7, 11) is 0. The Morgan fingerprint density at radius 1 is 1.38 bits per heavy atom. The summed E-state index contributed by atoms with van der Waals surface area (Å²) in [6.07, 6.45) is 14.9. The summed E-state index contributed by atoms with van der Waals surface area (Å²) in [4.78, 5) is 17.8. The van der Waals surface area contributed by atoms with Crippen LogP contribution in [0.3, 0.4) is 0 Å². The molecule has 34 heavy (non-hydrogen) atoms. The largest absolute Gasteiger partial charge is 0.501 e. The van der Waals surface area contributed by atoms with Crippen LogP contribution in [0.25, 0.3) is 0 Å². The van der Waals surface area contributed by atoms with Gasteiger partial charge in [0.25, 0.3) is 0 Å². The Bertz CT molecular complexity index is 949. The fraction of sp³-hybridized carbons (Fsp3) is 0.385. The van der Waals surface area contributed by atoms with Crippen molar-refractivity contribution in [3.05, 3.63) is 66.5 Å².